The van der Waals surface area contributed by atoms with Crippen molar-refractivity contribution in [2.45, 2.75) is 19.3 Å². The second-order valence-corrected chi connectivity index (χ2v) is 13.3. The SMILES string of the molecule is CC1(C)c2ccccc2Oc2cc(-c3ccc4c(c3)c3ccccc3n4-c3ccc4c5ccccc5c5ccccc5c4c3)ccc21. The minimum absolute atomic E-state index is 0.127. The van der Waals surface area contributed by atoms with E-state index in [-0.39, 0.29) is 5.41 Å². The van der Waals surface area contributed by atoms with Gasteiger partial charge in [0.25, 0.3) is 0 Å². The van der Waals surface area contributed by atoms with E-state index in [1.54, 1.807) is 0 Å². The molecule has 0 radical (unpaired) electrons. The van der Waals surface area contributed by atoms with E-state index in [9.17, 15) is 0 Å². The predicted octanol–water partition coefficient (Wildman–Crippen LogP) is 12.3. The van der Waals surface area contributed by atoms with Gasteiger partial charge < -0.3 is 9.30 Å². The molecule has 0 saturated heterocycles. The van der Waals surface area contributed by atoms with Gasteiger partial charge in [0, 0.05) is 33.0 Å². The van der Waals surface area contributed by atoms with E-state index in [2.05, 4.69) is 164 Å². The Kier molecular flexibility index (Phi) is 5.37. The van der Waals surface area contributed by atoms with Gasteiger partial charge in [-0.3, -0.25) is 0 Å². The number of para-hydroxylation sites is 2. The van der Waals surface area contributed by atoms with E-state index >= 15 is 0 Å². The van der Waals surface area contributed by atoms with Crippen molar-refractivity contribution in [1.29, 1.82) is 0 Å². The maximum absolute atomic E-state index is 6.48. The Bertz CT molecular complexity index is 2710. The lowest BCUT2D eigenvalue weighted by molar-refractivity contribution is 0.418. The highest BCUT2D eigenvalue weighted by Gasteiger charge is 2.34. The molecule has 222 valence electrons. The molecule has 2 nitrogen and oxygen atoms in total. The Morgan fingerprint density at radius 2 is 0.957 bits per heavy atom. The molecular formula is C45H31NO. The number of fused-ring (bicyclic) bond motifs is 11. The molecule has 1 aliphatic rings. The topological polar surface area (TPSA) is 14.2 Å². The summed E-state index contributed by atoms with van der Waals surface area (Å²) in [5.74, 6) is 1.88. The smallest absolute Gasteiger partial charge is 0.132 e. The molecule has 0 saturated carbocycles. The normalized spacial score (nSPS) is 13.7. The van der Waals surface area contributed by atoms with Crippen LogP contribution in [0.4, 0.5) is 0 Å². The molecule has 0 atom stereocenters. The maximum Gasteiger partial charge on any atom is 0.132 e. The van der Waals surface area contributed by atoms with Crippen molar-refractivity contribution in [2.24, 2.45) is 0 Å². The van der Waals surface area contributed by atoms with Crippen molar-refractivity contribution in [1.82, 2.24) is 4.57 Å². The first-order valence-electron chi connectivity index (χ1n) is 16.4. The highest BCUT2D eigenvalue weighted by atomic mass is 16.5. The minimum Gasteiger partial charge on any atom is -0.457 e. The number of hydrogen-bond donors (Lipinski definition) is 0. The van der Waals surface area contributed by atoms with Crippen LogP contribution in [0.2, 0.25) is 0 Å². The first kappa shape index (κ1) is 26.4. The molecule has 2 heterocycles. The third kappa shape index (κ3) is 3.73. The zero-order valence-electron chi connectivity index (χ0n) is 26.3. The van der Waals surface area contributed by atoms with Crippen molar-refractivity contribution >= 4 is 54.1 Å². The third-order valence-electron chi connectivity index (χ3n) is 10.4. The molecule has 0 N–H and O–H groups in total. The molecule has 0 spiro atoms. The lowest BCUT2D eigenvalue weighted by Crippen LogP contribution is -2.24. The highest BCUT2D eigenvalue weighted by Crippen LogP contribution is 2.49. The molecule has 8 aromatic carbocycles. The molecule has 1 aromatic heterocycles. The van der Waals surface area contributed by atoms with Gasteiger partial charge in [-0.05, 0) is 85.9 Å². The van der Waals surface area contributed by atoms with Crippen molar-refractivity contribution < 1.29 is 4.74 Å². The maximum atomic E-state index is 6.48. The molecule has 2 heteroatoms. The summed E-state index contributed by atoms with van der Waals surface area (Å²) in [4.78, 5) is 0. The van der Waals surface area contributed by atoms with Crippen molar-refractivity contribution in [2.75, 3.05) is 0 Å². The zero-order chi connectivity index (χ0) is 31.3. The lowest BCUT2D eigenvalue weighted by Gasteiger charge is -2.34. The third-order valence-corrected chi connectivity index (χ3v) is 10.4. The fraction of sp³-hybridized carbons (Fsp3) is 0.0667. The van der Waals surface area contributed by atoms with Crippen LogP contribution in [0.25, 0.3) is 70.9 Å². The van der Waals surface area contributed by atoms with Crippen LogP contribution in [0.1, 0.15) is 25.0 Å². The quantitative estimate of drug-likeness (QED) is 0.180. The van der Waals surface area contributed by atoms with Gasteiger partial charge in [0.05, 0.1) is 11.0 Å². The summed E-state index contributed by atoms with van der Waals surface area (Å²) >= 11 is 0. The predicted molar refractivity (Wildman–Crippen MR) is 197 cm³/mol. The molecule has 47 heavy (non-hydrogen) atoms. The lowest BCUT2D eigenvalue weighted by atomic mass is 9.75. The van der Waals surface area contributed by atoms with Crippen molar-refractivity contribution in [3.8, 4) is 28.3 Å². The number of ether oxygens (including phenoxy) is 1. The van der Waals surface area contributed by atoms with Crippen LogP contribution in [0, 0.1) is 0 Å². The molecule has 9 aromatic rings. The van der Waals surface area contributed by atoms with Crippen LogP contribution in [0.3, 0.4) is 0 Å². The first-order valence-corrected chi connectivity index (χ1v) is 16.4. The summed E-state index contributed by atoms with van der Waals surface area (Å²) in [6, 6.07) is 55.3. The number of hydrogen-bond acceptors (Lipinski definition) is 1. The molecule has 0 aliphatic carbocycles. The van der Waals surface area contributed by atoms with Gasteiger partial charge in [-0.1, -0.05) is 123 Å². The summed E-state index contributed by atoms with van der Waals surface area (Å²) in [6.45, 7) is 4.57. The standard InChI is InChI=1S/C45H31NO/c1-45(2)39-16-8-10-18-43(39)47-44-26-29(19-23-40(44)45)28-20-24-42-38(25-28)36-15-7-9-17-41(36)46(42)30-21-22-35-33-13-4-3-11-31(33)32-12-5-6-14-34(32)37(35)27-30/h3-27H,1-2H3. The number of rotatable bonds is 2. The van der Waals surface area contributed by atoms with E-state index in [4.69, 9.17) is 4.74 Å². The fourth-order valence-electron chi connectivity index (χ4n) is 8.10. The molecule has 0 amide bonds. The molecular weight excluding hydrogens is 571 g/mol. The van der Waals surface area contributed by atoms with Gasteiger partial charge in [-0.15, -0.1) is 0 Å². The van der Waals surface area contributed by atoms with Crippen LogP contribution in [-0.2, 0) is 5.41 Å². The molecule has 10 rings (SSSR count). The van der Waals surface area contributed by atoms with Gasteiger partial charge in [0.1, 0.15) is 11.5 Å². The Labute approximate surface area is 273 Å². The van der Waals surface area contributed by atoms with Gasteiger partial charge in [0.15, 0.2) is 0 Å². The van der Waals surface area contributed by atoms with E-state index < -0.39 is 0 Å². The average Bonchev–Trinajstić information content (AvgIpc) is 3.45. The largest absolute Gasteiger partial charge is 0.457 e. The van der Waals surface area contributed by atoms with Gasteiger partial charge >= 0.3 is 0 Å². The Morgan fingerprint density at radius 3 is 1.72 bits per heavy atom. The number of benzene rings is 8. The average molecular weight is 602 g/mol. The van der Waals surface area contributed by atoms with Crippen molar-refractivity contribution in [3.05, 3.63) is 163 Å². The van der Waals surface area contributed by atoms with E-state index in [0.29, 0.717) is 0 Å². The van der Waals surface area contributed by atoms with Crippen LogP contribution in [0.5, 0.6) is 11.5 Å². The monoisotopic (exact) mass is 601 g/mol. The van der Waals surface area contributed by atoms with Crippen molar-refractivity contribution in [3.63, 3.8) is 0 Å². The summed E-state index contributed by atoms with van der Waals surface area (Å²) in [7, 11) is 0. The summed E-state index contributed by atoms with van der Waals surface area (Å²) in [5.41, 5.74) is 8.22. The second-order valence-electron chi connectivity index (χ2n) is 13.3. The Balaban J connectivity index is 1.16. The highest BCUT2D eigenvalue weighted by molar-refractivity contribution is 6.25. The number of aromatic nitrogens is 1. The van der Waals surface area contributed by atoms with Crippen LogP contribution < -0.4 is 4.74 Å². The summed E-state index contributed by atoms with van der Waals surface area (Å²) in [6.07, 6.45) is 0. The van der Waals surface area contributed by atoms with Crippen LogP contribution >= 0.6 is 0 Å². The zero-order valence-corrected chi connectivity index (χ0v) is 26.3. The second kappa shape index (κ2) is 9.57. The molecule has 0 bridgehead atoms. The summed E-state index contributed by atoms with van der Waals surface area (Å²) in [5, 5.41) is 10.2. The van der Waals surface area contributed by atoms with Gasteiger partial charge in [-0.2, -0.15) is 0 Å². The molecule has 0 fully saturated rings. The number of nitrogens with zero attached hydrogens (tertiary/aromatic N) is 1. The van der Waals surface area contributed by atoms with Gasteiger partial charge in [-0.25, -0.2) is 0 Å². The minimum atomic E-state index is -0.127. The van der Waals surface area contributed by atoms with E-state index in [0.717, 1.165) is 17.1 Å². The van der Waals surface area contributed by atoms with E-state index in [1.165, 1.54) is 76.5 Å². The fourth-order valence-corrected chi connectivity index (χ4v) is 8.10. The van der Waals surface area contributed by atoms with E-state index in [1.807, 2.05) is 6.07 Å². The summed E-state index contributed by atoms with van der Waals surface area (Å²) < 4.78 is 8.91. The van der Waals surface area contributed by atoms with Gasteiger partial charge in [0.2, 0.25) is 0 Å². The Morgan fingerprint density at radius 1 is 0.404 bits per heavy atom. The molecule has 1 aliphatic heterocycles. The first-order chi connectivity index (χ1) is 23.1. The molecule has 0 unspecified atom stereocenters. The van der Waals surface area contributed by atoms with Crippen LogP contribution in [0.15, 0.2) is 152 Å². The van der Waals surface area contributed by atoms with Crippen LogP contribution in [-0.4, -0.2) is 4.57 Å². The Hall–Kier alpha value is -5.86.